The second kappa shape index (κ2) is 9.30. The summed E-state index contributed by atoms with van der Waals surface area (Å²) in [7, 11) is 4.68. The van der Waals surface area contributed by atoms with E-state index in [9.17, 15) is 9.59 Å². The van der Waals surface area contributed by atoms with Crippen LogP contribution in [0.5, 0.6) is 17.2 Å². The topological polar surface area (TPSA) is 97.7 Å². The minimum Gasteiger partial charge on any atom is -0.497 e. The van der Waals surface area contributed by atoms with E-state index >= 15 is 0 Å². The Balaban J connectivity index is 1.98. The fraction of sp³-hybridized carbons (Fsp3) is 0.318. The molecule has 1 aliphatic heterocycles. The van der Waals surface area contributed by atoms with E-state index in [-0.39, 0.29) is 18.7 Å². The van der Waals surface area contributed by atoms with E-state index in [1.807, 2.05) is 36.4 Å². The number of hydrogen-bond donors (Lipinski definition) is 1. The summed E-state index contributed by atoms with van der Waals surface area (Å²) in [6.45, 7) is 0. The third-order valence-corrected chi connectivity index (χ3v) is 4.93. The van der Waals surface area contributed by atoms with Crippen molar-refractivity contribution in [3.63, 3.8) is 0 Å². The Hall–Kier alpha value is -3.55. The minimum atomic E-state index is -1.03. The maximum Gasteiger partial charge on any atom is 0.303 e. The summed E-state index contributed by atoms with van der Waals surface area (Å²) in [5.74, 6) is 0.393. The largest absolute Gasteiger partial charge is 0.497 e. The standard InChI is InChI=1S/C22H24N2O6/c1-28-15-9-7-14(8-10-15)17-13-18(24(23-17)20(25)11-12-21(26)27)16-5-4-6-19(29-2)22(16)30-3/h4-10,18H,11-13H2,1-3H3,(H,26,27)/t18-/m1/s1. The van der Waals surface area contributed by atoms with Gasteiger partial charge in [0.25, 0.3) is 0 Å². The van der Waals surface area contributed by atoms with E-state index in [0.717, 1.165) is 22.6 Å². The summed E-state index contributed by atoms with van der Waals surface area (Å²) < 4.78 is 16.1. The number of para-hydroxylation sites is 1. The van der Waals surface area contributed by atoms with Crippen LogP contribution in [-0.4, -0.2) is 49.0 Å². The number of aliphatic carboxylic acids is 1. The van der Waals surface area contributed by atoms with Crippen LogP contribution in [-0.2, 0) is 9.59 Å². The van der Waals surface area contributed by atoms with Gasteiger partial charge in [0.2, 0.25) is 5.91 Å². The van der Waals surface area contributed by atoms with Crippen LogP contribution in [0.4, 0.5) is 0 Å². The van der Waals surface area contributed by atoms with Gasteiger partial charge >= 0.3 is 5.97 Å². The lowest BCUT2D eigenvalue weighted by atomic mass is 9.97. The van der Waals surface area contributed by atoms with Crippen LogP contribution < -0.4 is 14.2 Å². The minimum absolute atomic E-state index is 0.141. The third-order valence-electron chi connectivity index (χ3n) is 4.93. The average molecular weight is 412 g/mol. The highest BCUT2D eigenvalue weighted by atomic mass is 16.5. The van der Waals surface area contributed by atoms with Crippen LogP contribution in [0.1, 0.15) is 36.4 Å². The predicted octanol–water partition coefficient (Wildman–Crippen LogP) is 3.25. The van der Waals surface area contributed by atoms with E-state index < -0.39 is 12.0 Å². The monoisotopic (exact) mass is 412 g/mol. The molecule has 0 saturated carbocycles. The van der Waals surface area contributed by atoms with Gasteiger partial charge in [-0.1, -0.05) is 12.1 Å². The molecule has 2 aromatic carbocycles. The lowest BCUT2D eigenvalue weighted by Gasteiger charge is -2.24. The van der Waals surface area contributed by atoms with E-state index in [0.29, 0.717) is 17.9 Å². The van der Waals surface area contributed by atoms with E-state index in [1.165, 1.54) is 12.1 Å². The second-order valence-corrected chi connectivity index (χ2v) is 6.71. The molecular weight excluding hydrogens is 388 g/mol. The number of hydrogen-bond acceptors (Lipinski definition) is 6. The normalized spacial score (nSPS) is 15.5. The summed E-state index contributed by atoms with van der Waals surface area (Å²) in [6, 6.07) is 12.4. The van der Waals surface area contributed by atoms with Gasteiger partial charge in [-0.25, -0.2) is 5.01 Å². The summed E-state index contributed by atoms with van der Waals surface area (Å²) in [5.41, 5.74) is 2.32. The number of methoxy groups -OCH3 is 3. The molecule has 8 heteroatoms. The van der Waals surface area contributed by atoms with Crippen molar-refractivity contribution in [1.82, 2.24) is 5.01 Å². The van der Waals surface area contributed by atoms with Gasteiger partial charge in [0.15, 0.2) is 11.5 Å². The maximum absolute atomic E-state index is 12.8. The van der Waals surface area contributed by atoms with Crippen molar-refractivity contribution in [2.24, 2.45) is 5.10 Å². The fourth-order valence-electron chi connectivity index (χ4n) is 3.44. The van der Waals surface area contributed by atoms with Gasteiger partial charge < -0.3 is 19.3 Å². The molecule has 0 aromatic heterocycles. The molecule has 0 radical (unpaired) electrons. The second-order valence-electron chi connectivity index (χ2n) is 6.71. The van der Waals surface area contributed by atoms with Crippen LogP contribution in [0.2, 0.25) is 0 Å². The van der Waals surface area contributed by atoms with Gasteiger partial charge in [-0.05, 0) is 35.9 Å². The van der Waals surface area contributed by atoms with Crippen LogP contribution in [0.15, 0.2) is 47.6 Å². The number of carbonyl (C=O) groups is 2. The Bertz CT molecular complexity index is 955. The van der Waals surface area contributed by atoms with Gasteiger partial charge in [-0.15, -0.1) is 0 Å². The van der Waals surface area contributed by atoms with E-state index in [1.54, 1.807) is 20.3 Å². The molecule has 0 bridgehead atoms. The van der Waals surface area contributed by atoms with E-state index in [2.05, 4.69) is 5.10 Å². The van der Waals surface area contributed by atoms with Crippen molar-refractivity contribution >= 4 is 17.6 Å². The Morgan fingerprint density at radius 3 is 2.37 bits per heavy atom. The molecule has 1 aliphatic rings. The Morgan fingerprint density at radius 2 is 1.77 bits per heavy atom. The Kier molecular flexibility index (Phi) is 6.56. The first-order valence-corrected chi connectivity index (χ1v) is 9.45. The molecule has 158 valence electrons. The molecule has 1 atom stereocenters. The quantitative estimate of drug-likeness (QED) is 0.715. The highest BCUT2D eigenvalue weighted by molar-refractivity contribution is 6.03. The lowest BCUT2D eigenvalue weighted by Crippen LogP contribution is -2.27. The number of carbonyl (C=O) groups excluding carboxylic acids is 1. The molecule has 8 nitrogen and oxygen atoms in total. The first-order chi connectivity index (χ1) is 14.5. The number of hydrazone groups is 1. The predicted molar refractivity (Wildman–Crippen MR) is 110 cm³/mol. The third kappa shape index (κ3) is 4.37. The summed E-state index contributed by atoms with van der Waals surface area (Å²) in [6.07, 6.45) is 0.0524. The average Bonchev–Trinajstić information content (AvgIpc) is 3.22. The molecular formula is C22H24N2O6. The highest BCUT2D eigenvalue weighted by Crippen LogP contribution is 2.42. The van der Waals surface area contributed by atoms with Gasteiger partial charge in [-0.2, -0.15) is 5.10 Å². The fourth-order valence-corrected chi connectivity index (χ4v) is 3.44. The summed E-state index contributed by atoms with van der Waals surface area (Å²) in [5, 5.41) is 14.9. The molecule has 30 heavy (non-hydrogen) atoms. The van der Waals surface area contributed by atoms with Crippen molar-refractivity contribution in [1.29, 1.82) is 0 Å². The number of amides is 1. The van der Waals surface area contributed by atoms with Gasteiger partial charge in [0, 0.05) is 18.4 Å². The number of ether oxygens (including phenoxy) is 3. The molecule has 1 amide bonds. The zero-order valence-corrected chi connectivity index (χ0v) is 17.1. The SMILES string of the molecule is COc1ccc(C2=NN(C(=O)CCC(=O)O)[C@@H](c3cccc(OC)c3OC)C2)cc1. The number of nitrogens with zero attached hydrogens (tertiary/aromatic N) is 2. The smallest absolute Gasteiger partial charge is 0.303 e. The maximum atomic E-state index is 12.8. The van der Waals surface area contributed by atoms with Crippen LogP contribution in [0.3, 0.4) is 0 Å². The van der Waals surface area contributed by atoms with E-state index in [4.69, 9.17) is 19.3 Å². The van der Waals surface area contributed by atoms with Crippen molar-refractivity contribution in [3.05, 3.63) is 53.6 Å². The van der Waals surface area contributed by atoms with Crippen LogP contribution in [0, 0.1) is 0 Å². The van der Waals surface area contributed by atoms with Crippen molar-refractivity contribution < 1.29 is 28.9 Å². The number of rotatable bonds is 8. The highest BCUT2D eigenvalue weighted by Gasteiger charge is 2.35. The molecule has 0 fully saturated rings. The molecule has 1 heterocycles. The van der Waals surface area contributed by atoms with Crippen LogP contribution >= 0.6 is 0 Å². The van der Waals surface area contributed by atoms with Crippen molar-refractivity contribution in [3.8, 4) is 17.2 Å². The first-order valence-electron chi connectivity index (χ1n) is 9.45. The van der Waals surface area contributed by atoms with Gasteiger partial charge in [0.1, 0.15) is 5.75 Å². The lowest BCUT2D eigenvalue weighted by molar-refractivity contribution is -0.141. The molecule has 0 aliphatic carbocycles. The zero-order valence-electron chi connectivity index (χ0n) is 17.1. The Morgan fingerprint density at radius 1 is 1.03 bits per heavy atom. The van der Waals surface area contributed by atoms with Gasteiger partial charge in [0.05, 0.1) is 39.5 Å². The van der Waals surface area contributed by atoms with Crippen molar-refractivity contribution in [2.75, 3.05) is 21.3 Å². The number of carboxylic acids is 1. The number of benzene rings is 2. The zero-order chi connectivity index (χ0) is 21.7. The Labute approximate surface area is 174 Å². The molecule has 1 N–H and O–H groups in total. The summed E-state index contributed by atoms with van der Waals surface area (Å²) >= 11 is 0. The molecule has 0 unspecified atom stereocenters. The molecule has 0 saturated heterocycles. The van der Waals surface area contributed by atoms with Crippen molar-refractivity contribution in [2.45, 2.75) is 25.3 Å². The molecule has 3 rings (SSSR count). The summed E-state index contributed by atoms with van der Waals surface area (Å²) in [4.78, 5) is 23.8. The van der Waals surface area contributed by atoms with Gasteiger partial charge in [-0.3, -0.25) is 9.59 Å². The van der Waals surface area contributed by atoms with Crippen LogP contribution in [0.25, 0.3) is 0 Å². The molecule has 2 aromatic rings. The first kappa shape index (κ1) is 21.2. The molecule has 0 spiro atoms. The number of carboxylic acid groups (broad SMARTS) is 1.